The number of benzene rings is 1. The fraction of sp³-hybridized carbons (Fsp3) is 0.526. The number of ether oxygens (including phenoxy) is 1. The van der Waals surface area contributed by atoms with Crippen molar-refractivity contribution in [1.82, 2.24) is 19.2 Å². The van der Waals surface area contributed by atoms with E-state index in [9.17, 15) is 9.59 Å². The normalized spacial score (nSPS) is 15.1. The van der Waals surface area contributed by atoms with Gasteiger partial charge in [-0.2, -0.15) is 5.10 Å². The van der Waals surface area contributed by atoms with Crippen LogP contribution in [-0.2, 0) is 13.6 Å². The zero-order chi connectivity index (χ0) is 19.2. The molecule has 1 aromatic carbocycles. The number of unbranched alkanes of at least 4 members (excludes halogenated alkanes) is 1. The van der Waals surface area contributed by atoms with Gasteiger partial charge >= 0.3 is 5.69 Å². The zero-order valence-corrected chi connectivity index (χ0v) is 16.0. The average Bonchev–Trinajstić information content (AvgIpc) is 2.71. The van der Waals surface area contributed by atoms with Crippen LogP contribution in [0.4, 0.5) is 5.69 Å². The predicted octanol–water partition coefficient (Wildman–Crippen LogP) is 0.553. The Labute approximate surface area is 158 Å². The molecule has 0 bridgehead atoms. The summed E-state index contributed by atoms with van der Waals surface area (Å²) in [5.74, 6) is 0.886. The quantitative estimate of drug-likeness (QED) is 0.661. The first-order chi connectivity index (χ1) is 13.1. The van der Waals surface area contributed by atoms with Crippen LogP contribution in [0.15, 0.2) is 40.1 Å². The first-order valence-corrected chi connectivity index (χ1v) is 9.33. The van der Waals surface area contributed by atoms with E-state index in [1.807, 2.05) is 12.1 Å². The Bertz CT molecular complexity index is 868. The molecule has 3 rings (SSSR count). The van der Waals surface area contributed by atoms with Crippen molar-refractivity contribution in [2.24, 2.45) is 7.05 Å². The van der Waals surface area contributed by atoms with Crippen LogP contribution in [0.5, 0.6) is 5.75 Å². The van der Waals surface area contributed by atoms with Gasteiger partial charge in [-0.25, -0.2) is 9.48 Å². The molecular formula is C19H27N5O3. The van der Waals surface area contributed by atoms with Crippen LogP contribution in [0.3, 0.4) is 0 Å². The Kier molecular flexibility index (Phi) is 6.28. The molecule has 1 fully saturated rings. The van der Waals surface area contributed by atoms with Crippen molar-refractivity contribution in [3.05, 3.63) is 51.3 Å². The average molecular weight is 372 g/mol. The molecule has 0 atom stereocenters. The predicted molar refractivity (Wildman–Crippen MR) is 105 cm³/mol. The molecule has 0 radical (unpaired) electrons. The molecule has 0 unspecified atom stereocenters. The van der Waals surface area contributed by atoms with Crippen molar-refractivity contribution in [1.29, 1.82) is 0 Å². The van der Waals surface area contributed by atoms with E-state index < -0.39 is 0 Å². The molecule has 0 saturated carbocycles. The molecular weight excluding hydrogens is 345 g/mol. The maximum Gasteiger partial charge on any atom is 0.347 e. The van der Waals surface area contributed by atoms with Crippen molar-refractivity contribution in [3.63, 3.8) is 0 Å². The number of hydrogen-bond acceptors (Lipinski definition) is 6. The molecule has 0 amide bonds. The van der Waals surface area contributed by atoms with E-state index in [0.29, 0.717) is 6.54 Å². The molecule has 0 aliphatic carbocycles. The number of aryl methyl sites for hydroxylation is 1. The van der Waals surface area contributed by atoms with Gasteiger partial charge in [0, 0.05) is 51.5 Å². The highest BCUT2D eigenvalue weighted by Crippen LogP contribution is 2.22. The van der Waals surface area contributed by atoms with Gasteiger partial charge < -0.3 is 9.64 Å². The van der Waals surface area contributed by atoms with Crippen LogP contribution in [0, 0.1) is 0 Å². The summed E-state index contributed by atoms with van der Waals surface area (Å²) in [5.41, 5.74) is 0.480. The van der Waals surface area contributed by atoms with Crippen LogP contribution < -0.4 is 20.9 Å². The van der Waals surface area contributed by atoms with Crippen LogP contribution in [-0.4, -0.2) is 59.1 Å². The lowest BCUT2D eigenvalue weighted by molar-refractivity contribution is 0.250. The lowest BCUT2D eigenvalue weighted by Crippen LogP contribution is -2.46. The fourth-order valence-corrected chi connectivity index (χ4v) is 3.31. The van der Waals surface area contributed by atoms with Crippen LogP contribution >= 0.6 is 0 Å². The number of hydrogen-bond donors (Lipinski definition) is 0. The zero-order valence-electron chi connectivity index (χ0n) is 16.0. The molecule has 2 aromatic rings. The third-order valence-corrected chi connectivity index (χ3v) is 5.03. The summed E-state index contributed by atoms with van der Waals surface area (Å²) in [4.78, 5) is 28.1. The lowest BCUT2D eigenvalue weighted by Gasteiger charge is -2.36. The molecule has 1 aromatic heterocycles. The molecule has 0 N–H and O–H groups in total. The van der Waals surface area contributed by atoms with Crippen LogP contribution in [0.1, 0.15) is 12.8 Å². The molecule has 146 valence electrons. The largest absolute Gasteiger partial charge is 0.497 e. The van der Waals surface area contributed by atoms with Crippen LogP contribution in [0.25, 0.3) is 0 Å². The highest BCUT2D eigenvalue weighted by molar-refractivity contribution is 5.51. The molecule has 2 heterocycles. The molecule has 1 saturated heterocycles. The Hall–Kier alpha value is -2.61. The van der Waals surface area contributed by atoms with E-state index in [2.05, 4.69) is 27.0 Å². The number of anilines is 1. The number of aromatic nitrogens is 3. The van der Waals surface area contributed by atoms with Gasteiger partial charge in [0.2, 0.25) is 0 Å². The van der Waals surface area contributed by atoms with E-state index in [4.69, 9.17) is 4.74 Å². The molecule has 0 spiro atoms. The summed E-state index contributed by atoms with van der Waals surface area (Å²) >= 11 is 0. The van der Waals surface area contributed by atoms with Crippen molar-refractivity contribution in [3.8, 4) is 5.75 Å². The number of rotatable bonds is 7. The second kappa shape index (κ2) is 8.85. The highest BCUT2D eigenvalue weighted by Gasteiger charge is 2.17. The van der Waals surface area contributed by atoms with Gasteiger partial charge in [0.15, 0.2) is 0 Å². The number of nitrogens with zero attached hydrogens (tertiary/aromatic N) is 5. The minimum absolute atomic E-state index is 0.352. The van der Waals surface area contributed by atoms with Gasteiger partial charge in [-0.15, -0.1) is 0 Å². The van der Waals surface area contributed by atoms with Gasteiger partial charge in [-0.3, -0.25) is 14.3 Å². The first-order valence-electron chi connectivity index (χ1n) is 9.33. The Morgan fingerprint density at radius 3 is 2.56 bits per heavy atom. The van der Waals surface area contributed by atoms with Crippen molar-refractivity contribution >= 4 is 5.69 Å². The third-order valence-electron chi connectivity index (χ3n) is 5.03. The van der Waals surface area contributed by atoms with Crippen molar-refractivity contribution in [2.45, 2.75) is 19.4 Å². The van der Waals surface area contributed by atoms with E-state index in [0.717, 1.165) is 55.9 Å². The summed E-state index contributed by atoms with van der Waals surface area (Å²) in [6, 6.07) is 8.18. The van der Waals surface area contributed by atoms with Gasteiger partial charge in [0.25, 0.3) is 5.56 Å². The van der Waals surface area contributed by atoms with Gasteiger partial charge in [-0.05, 0) is 31.5 Å². The van der Waals surface area contributed by atoms with E-state index in [-0.39, 0.29) is 11.2 Å². The molecule has 27 heavy (non-hydrogen) atoms. The molecule has 8 nitrogen and oxygen atoms in total. The Morgan fingerprint density at radius 1 is 1.07 bits per heavy atom. The van der Waals surface area contributed by atoms with Gasteiger partial charge in [0.1, 0.15) is 11.9 Å². The lowest BCUT2D eigenvalue weighted by atomic mass is 10.2. The first kappa shape index (κ1) is 19.2. The molecule has 1 aliphatic heterocycles. The van der Waals surface area contributed by atoms with Crippen molar-refractivity contribution in [2.75, 3.05) is 44.7 Å². The number of methoxy groups -OCH3 is 1. The highest BCUT2D eigenvalue weighted by atomic mass is 16.4. The van der Waals surface area contributed by atoms with Crippen molar-refractivity contribution < 1.29 is 4.74 Å². The fourth-order valence-electron chi connectivity index (χ4n) is 3.31. The van der Waals surface area contributed by atoms with E-state index in [1.165, 1.54) is 23.6 Å². The summed E-state index contributed by atoms with van der Waals surface area (Å²) in [7, 11) is 3.17. The van der Waals surface area contributed by atoms with Gasteiger partial charge in [-0.1, -0.05) is 6.07 Å². The topological polar surface area (TPSA) is 72.6 Å². The third kappa shape index (κ3) is 4.77. The summed E-state index contributed by atoms with van der Waals surface area (Å²) < 4.78 is 7.76. The second-order valence-corrected chi connectivity index (χ2v) is 6.78. The van der Waals surface area contributed by atoms with E-state index >= 15 is 0 Å². The number of piperazine rings is 1. The summed E-state index contributed by atoms with van der Waals surface area (Å²) in [6.45, 7) is 5.58. The summed E-state index contributed by atoms with van der Waals surface area (Å²) in [6.07, 6.45) is 3.05. The maximum atomic E-state index is 11.9. The standard InChI is InChI=1S/C19H27N5O3/c1-21-18(25)15-20-24(19(21)26)9-4-3-8-22-10-12-23(13-11-22)16-6-5-7-17(14-16)27-2/h5-7,14-15H,3-4,8-13H2,1-2H3/i2-1. The SMILES string of the molecule is Cn1c(=O)cnn(CCCCN2CCN(c3cccc(O[11CH3])c3)CC2)c1=O. The Morgan fingerprint density at radius 2 is 1.81 bits per heavy atom. The van der Waals surface area contributed by atoms with Gasteiger partial charge in [0.05, 0.1) is 7.11 Å². The minimum atomic E-state index is -0.370. The second-order valence-electron chi connectivity index (χ2n) is 6.78. The maximum absolute atomic E-state index is 11.9. The summed E-state index contributed by atoms with van der Waals surface area (Å²) in [5, 5.41) is 3.92. The minimum Gasteiger partial charge on any atom is -0.497 e. The van der Waals surface area contributed by atoms with Crippen LogP contribution in [0.2, 0.25) is 0 Å². The molecule has 8 heteroatoms. The molecule has 1 aliphatic rings. The van der Waals surface area contributed by atoms with E-state index in [1.54, 1.807) is 7.11 Å². The monoisotopic (exact) mass is 372 g/mol. The smallest absolute Gasteiger partial charge is 0.347 e. The Balaban J connectivity index is 1.42.